The number of halogens is 1. The summed E-state index contributed by atoms with van der Waals surface area (Å²) in [6.07, 6.45) is 4.08. The van der Waals surface area contributed by atoms with Gasteiger partial charge in [-0.3, -0.25) is 0 Å². The van der Waals surface area contributed by atoms with Crippen molar-refractivity contribution >= 4 is 15.9 Å². The smallest absolute Gasteiger partial charge is 0.0952 e. The maximum atomic E-state index is 8.40. The van der Waals surface area contributed by atoms with Crippen molar-refractivity contribution in [3.63, 3.8) is 0 Å². The lowest BCUT2D eigenvalue weighted by molar-refractivity contribution is 0.953. The lowest BCUT2D eigenvalue weighted by atomic mass is 10.2. The molecule has 1 nitrogen and oxygen atoms in total. The molecular formula is C7H10BrN. The lowest BCUT2D eigenvalue weighted by Crippen LogP contribution is -1.77. The van der Waals surface area contributed by atoms with Gasteiger partial charge < -0.3 is 0 Å². The molecule has 2 heteroatoms. The van der Waals surface area contributed by atoms with Crippen molar-refractivity contribution in [2.24, 2.45) is 0 Å². The minimum atomic E-state index is 0.684. The van der Waals surface area contributed by atoms with Gasteiger partial charge >= 0.3 is 0 Å². The van der Waals surface area contributed by atoms with Gasteiger partial charge in [0.2, 0.25) is 0 Å². The largest absolute Gasteiger partial charge is 0.193 e. The Morgan fingerprint density at radius 2 is 2.44 bits per heavy atom. The zero-order valence-electron chi connectivity index (χ0n) is 5.52. The van der Waals surface area contributed by atoms with Crippen LogP contribution in [0.4, 0.5) is 0 Å². The normalized spacial score (nSPS) is 11.0. The van der Waals surface area contributed by atoms with E-state index in [0.717, 1.165) is 18.4 Å². The second-order valence-corrected chi connectivity index (χ2v) is 2.32. The van der Waals surface area contributed by atoms with Crippen LogP contribution >= 0.6 is 15.9 Å². The first-order valence-electron chi connectivity index (χ1n) is 3.00. The summed E-state index contributed by atoms with van der Waals surface area (Å²) in [5, 5.41) is 9.09. The van der Waals surface area contributed by atoms with Gasteiger partial charge in [-0.05, 0) is 6.42 Å². The highest BCUT2D eigenvalue weighted by Gasteiger charge is 1.87. The van der Waals surface area contributed by atoms with E-state index in [1.807, 2.05) is 6.08 Å². The highest BCUT2D eigenvalue weighted by atomic mass is 79.9. The number of nitrogens with zero attached hydrogens (tertiary/aromatic N) is 1. The highest BCUT2D eigenvalue weighted by molar-refractivity contribution is 9.09. The number of allylic oxidation sites excluding steroid dienone is 2. The Bertz CT molecular complexity index is 132. The molecule has 0 saturated heterocycles. The predicted octanol–water partition coefficient (Wildman–Crippen LogP) is 2.63. The summed E-state index contributed by atoms with van der Waals surface area (Å²) >= 11 is 3.22. The Kier molecular flexibility index (Phi) is 5.65. The molecule has 0 atom stereocenters. The molecule has 0 amide bonds. The fraction of sp³-hybridized carbons (Fsp3) is 0.571. The monoisotopic (exact) mass is 187 g/mol. The molecule has 0 aliphatic rings. The predicted molar refractivity (Wildman–Crippen MR) is 42.4 cm³/mol. The van der Waals surface area contributed by atoms with Crippen LogP contribution in [0.25, 0.3) is 0 Å². The van der Waals surface area contributed by atoms with Gasteiger partial charge in [0.05, 0.1) is 6.07 Å². The molecule has 0 aliphatic heterocycles. The van der Waals surface area contributed by atoms with Crippen molar-refractivity contribution in [2.75, 3.05) is 5.33 Å². The fourth-order valence-corrected chi connectivity index (χ4v) is 0.803. The summed E-state index contributed by atoms with van der Waals surface area (Å²) in [5.41, 5.74) is 0.830. The Balaban J connectivity index is 3.66. The SMILES string of the molecule is CCC/C=C(\C#N)CBr. The van der Waals surface area contributed by atoms with Crippen molar-refractivity contribution in [3.05, 3.63) is 11.6 Å². The molecule has 0 unspecified atom stereocenters. The average molecular weight is 188 g/mol. The van der Waals surface area contributed by atoms with Crippen LogP contribution in [0.1, 0.15) is 19.8 Å². The molecule has 0 saturated carbocycles. The molecule has 0 bridgehead atoms. The van der Waals surface area contributed by atoms with E-state index >= 15 is 0 Å². The topological polar surface area (TPSA) is 23.8 Å². The van der Waals surface area contributed by atoms with Crippen LogP contribution in [0, 0.1) is 11.3 Å². The quantitative estimate of drug-likeness (QED) is 0.493. The van der Waals surface area contributed by atoms with Crippen LogP contribution in [-0.2, 0) is 0 Å². The van der Waals surface area contributed by atoms with Crippen LogP contribution in [0.5, 0.6) is 0 Å². The molecule has 0 aromatic rings. The summed E-state index contributed by atoms with van der Waals surface area (Å²) in [7, 11) is 0. The van der Waals surface area contributed by atoms with Gasteiger partial charge in [-0.15, -0.1) is 0 Å². The van der Waals surface area contributed by atoms with E-state index in [2.05, 4.69) is 28.9 Å². The van der Waals surface area contributed by atoms with Gasteiger partial charge in [-0.1, -0.05) is 35.4 Å². The second-order valence-electron chi connectivity index (χ2n) is 1.76. The number of alkyl halides is 1. The van der Waals surface area contributed by atoms with Crippen LogP contribution in [-0.4, -0.2) is 5.33 Å². The third-order valence-corrected chi connectivity index (χ3v) is 1.57. The number of nitriles is 1. The van der Waals surface area contributed by atoms with Gasteiger partial charge in [0.25, 0.3) is 0 Å². The van der Waals surface area contributed by atoms with Crippen molar-refractivity contribution in [2.45, 2.75) is 19.8 Å². The van der Waals surface area contributed by atoms with Crippen LogP contribution in [0.15, 0.2) is 11.6 Å². The Hall–Kier alpha value is -0.290. The van der Waals surface area contributed by atoms with Gasteiger partial charge in [0.15, 0.2) is 0 Å². The zero-order chi connectivity index (χ0) is 7.11. The van der Waals surface area contributed by atoms with Gasteiger partial charge in [0.1, 0.15) is 0 Å². The van der Waals surface area contributed by atoms with Gasteiger partial charge in [-0.25, -0.2) is 0 Å². The van der Waals surface area contributed by atoms with E-state index in [1.54, 1.807) is 0 Å². The van der Waals surface area contributed by atoms with Gasteiger partial charge in [0, 0.05) is 10.9 Å². The Labute approximate surface area is 64.5 Å². The molecule has 0 heterocycles. The van der Waals surface area contributed by atoms with E-state index in [1.165, 1.54) is 0 Å². The molecule has 0 rings (SSSR count). The fourth-order valence-electron chi connectivity index (χ4n) is 0.449. The summed E-state index contributed by atoms with van der Waals surface area (Å²) in [6.45, 7) is 2.10. The molecule has 50 valence electrons. The lowest BCUT2D eigenvalue weighted by Gasteiger charge is -1.87. The third kappa shape index (κ3) is 4.23. The summed E-state index contributed by atoms with van der Waals surface area (Å²) in [6, 6.07) is 2.10. The zero-order valence-corrected chi connectivity index (χ0v) is 7.11. The van der Waals surface area contributed by atoms with E-state index in [9.17, 15) is 0 Å². The van der Waals surface area contributed by atoms with Gasteiger partial charge in [-0.2, -0.15) is 5.26 Å². The molecule has 0 fully saturated rings. The second kappa shape index (κ2) is 5.84. The maximum absolute atomic E-state index is 8.40. The highest BCUT2D eigenvalue weighted by Crippen LogP contribution is 2.00. The molecule has 0 radical (unpaired) electrons. The third-order valence-electron chi connectivity index (χ3n) is 0.967. The Morgan fingerprint density at radius 1 is 1.78 bits per heavy atom. The first kappa shape index (κ1) is 8.71. The average Bonchev–Trinajstić information content (AvgIpc) is 1.91. The van der Waals surface area contributed by atoms with Crippen molar-refractivity contribution in [3.8, 4) is 6.07 Å². The van der Waals surface area contributed by atoms with E-state index in [-0.39, 0.29) is 0 Å². The minimum absolute atomic E-state index is 0.684. The maximum Gasteiger partial charge on any atom is 0.0952 e. The summed E-state index contributed by atoms with van der Waals surface area (Å²) in [4.78, 5) is 0. The number of rotatable bonds is 3. The number of hydrogen-bond acceptors (Lipinski definition) is 1. The van der Waals surface area contributed by atoms with E-state index < -0.39 is 0 Å². The molecule has 0 N–H and O–H groups in total. The molecular weight excluding hydrogens is 178 g/mol. The van der Waals surface area contributed by atoms with Crippen LogP contribution in [0.3, 0.4) is 0 Å². The van der Waals surface area contributed by atoms with Crippen molar-refractivity contribution in [1.82, 2.24) is 0 Å². The number of hydrogen-bond donors (Lipinski definition) is 0. The molecule has 0 spiro atoms. The first-order chi connectivity index (χ1) is 4.35. The van der Waals surface area contributed by atoms with Crippen LogP contribution < -0.4 is 0 Å². The number of unbranched alkanes of at least 4 members (excludes halogenated alkanes) is 1. The molecule has 0 aliphatic carbocycles. The Morgan fingerprint density at radius 3 is 2.78 bits per heavy atom. The molecule has 0 aromatic carbocycles. The standard InChI is InChI=1S/C7H10BrN/c1-2-3-4-7(5-8)6-9/h4H,2-3,5H2,1H3/b7-4-. The minimum Gasteiger partial charge on any atom is -0.193 e. The van der Waals surface area contributed by atoms with E-state index in [0.29, 0.717) is 5.33 Å². The van der Waals surface area contributed by atoms with Crippen LogP contribution in [0.2, 0.25) is 0 Å². The first-order valence-corrected chi connectivity index (χ1v) is 4.12. The van der Waals surface area contributed by atoms with Crippen molar-refractivity contribution < 1.29 is 0 Å². The molecule has 9 heavy (non-hydrogen) atoms. The molecule has 0 aromatic heterocycles. The summed E-state index contributed by atoms with van der Waals surface area (Å²) in [5.74, 6) is 0. The summed E-state index contributed by atoms with van der Waals surface area (Å²) < 4.78 is 0. The van der Waals surface area contributed by atoms with Crippen molar-refractivity contribution in [1.29, 1.82) is 5.26 Å². The van der Waals surface area contributed by atoms with E-state index in [4.69, 9.17) is 5.26 Å².